The maximum absolute atomic E-state index is 11.5. The lowest BCUT2D eigenvalue weighted by atomic mass is 9.97. The molecule has 0 atom stereocenters. The van der Waals surface area contributed by atoms with E-state index in [1.807, 2.05) is 38.1 Å². The third-order valence-corrected chi connectivity index (χ3v) is 8.44. The number of benzene rings is 2. The molecule has 1 aliphatic carbocycles. The summed E-state index contributed by atoms with van der Waals surface area (Å²) >= 11 is 0. The maximum Gasteiger partial charge on any atom is 0.238 e. The van der Waals surface area contributed by atoms with Gasteiger partial charge in [-0.1, -0.05) is 12.1 Å². The van der Waals surface area contributed by atoms with Gasteiger partial charge in [-0.3, -0.25) is 4.90 Å². The summed E-state index contributed by atoms with van der Waals surface area (Å²) in [6.07, 6.45) is 5.90. The van der Waals surface area contributed by atoms with Crippen molar-refractivity contribution in [3.05, 3.63) is 69.9 Å². The zero-order valence-electron chi connectivity index (χ0n) is 22.4. The molecule has 1 fully saturated rings. The molecule has 5 rings (SSSR count). The first kappa shape index (κ1) is 27.1. The minimum atomic E-state index is -3.68. The highest BCUT2D eigenvalue weighted by Gasteiger charge is 2.24. The van der Waals surface area contributed by atoms with Crippen molar-refractivity contribution in [3.8, 4) is 17.7 Å². The number of likely N-dealkylation sites (tertiary alicyclic amines) is 1. The largest absolute Gasteiger partial charge is 0.438 e. The highest BCUT2D eigenvalue weighted by atomic mass is 32.2. The van der Waals surface area contributed by atoms with Gasteiger partial charge in [0.1, 0.15) is 5.75 Å². The number of nitrogens with two attached hydrogens (primary N) is 1. The van der Waals surface area contributed by atoms with Crippen LogP contribution < -0.4 is 15.2 Å². The Morgan fingerprint density at radius 1 is 1.08 bits per heavy atom. The number of anilines is 1. The van der Waals surface area contributed by atoms with Crippen LogP contribution in [0.15, 0.2) is 41.3 Å². The number of fused-ring (bicyclic) bond motifs is 1. The van der Waals surface area contributed by atoms with Crippen LogP contribution in [-0.2, 0) is 29.4 Å². The molecular formula is C29H34N6O3S. The van der Waals surface area contributed by atoms with Gasteiger partial charge < -0.3 is 10.1 Å². The quantitative estimate of drug-likeness (QED) is 0.446. The van der Waals surface area contributed by atoms with Crippen LogP contribution in [0.5, 0.6) is 11.6 Å². The molecule has 204 valence electrons. The lowest BCUT2D eigenvalue weighted by molar-refractivity contribution is 0.211. The number of rotatable bonds is 7. The number of sulfonamides is 1. The molecule has 3 aromatic rings. The third kappa shape index (κ3) is 6.38. The number of aryl methyl sites for hydroxylation is 3. The standard InChI is InChI=1S/C29H34N6O3S/c1-19-15-22(17-30)16-20(2)27(19)38-28-25-5-3-4-6-26(25)33-29(34-28)32-23-11-13-35(14-12-23)18-21-7-9-24(10-8-21)39(31,36)37/h7-10,15-16,23H,3-6,11-14,18H2,1-2H3,(H2,31,36,37)(H,32,33,34). The van der Waals surface area contributed by atoms with Gasteiger partial charge in [-0.15, -0.1) is 0 Å². The van der Waals surface area contributed by atoms with Crippen molar-refractivity contribution in [2.24, 2.45) is 5.14 Å². The first-order chi connectivity index (χ1) is 18.7. The predicted molar refractivity (Wildman–Crippen MR) is 149 cm³/mol. The Morgan fingerprint density at radius 2 is 1.74 bits per heavy atom. The van der Waals surface area contributed by atoms with Crippen molar-refractivity contribution in [1.29, 1.82) is 5.26 Å². The zero-order chi connectivity index (χ0) is 27.6. The third-order valence-electron chi connectivity index (χ3n) is 7.51. The van der Waals surface area contributed by atoms with E-state index < -0.39 is 10.0 Å². The average molecular weight is 547 g/mol. The number of nitrogens with zero attached hydrogens (tertiary/aromatic N) is 4. The van der Waals surface area contributed by atoms with E-state index in [1.54, 1.807) is 12.1 Å². The van der Waals surface area contributed by atoms with E-state index in [2.05, 4.69) is 16.3 Å². The molecule has 1 aromatic heterocycles. The molecule has 0 spiro atoms. The molecule has 0 radical (unpaired) electrons. The maximum atomic E-state index is 11.5. The van der Waals surface area contributed by atoms with Crippen LogP contribution in [0.25, 0.3) is 0 Å². The molecule has 2 aromatic carbocycles. The second-order valence-electron chi connectivity index (χ2n) is 10.5. The first-order valence-electron chi connectivity index (χ1n) is 13.4. The van der Waals surface area contributed by atoms with Crippen LogP contribution in [0.3, 0.4) is 0 Å². The molecule has 3 N–H and O–H groups in total. The van der Waals surface area contributed by atoms with Gasteiger partial charge >= 0.3 is 0 Å². The fraction of sp³-hybridized carbons (Fsp3) is 0.414. The van der Waals surface area contributed by atoms with Gasteiger partial charge in [-0.05, 0) is 93.3 Å². The van der Waals surface area contributed by atoms with Crippen LogP contribution in [-0.4, -0.2) is 42.4 Å². The van der Waals surface area contributed by atoms with E-state index >= 15 is 0 Å². The smallest absolute Gasteiger partial charge is 0.238 e. The van der Waals surface area contributed by atoms with Crippen LogP contribution >= 0.6 is 0 Å². The fourth-order valence-corrected chi connectivity index (χ4v) is 5.96. The molecule has 0 amide bonds. The average Bonchev–Trinajstić information content (AvgIpc) is 2.91. The summed E-state index contributed by atoms with van der Waals surface area (Å²) in [5, 5.41) is 18.1. The van der Waals surface area contributed by atoms with E-state index in [-0.39, 0.29) is 10.9 Å². The number of hydrogen-bond donors (Lipinski definition) is 2. The summed E-state index contributed by atoms with van der Waals surface area (Å²) in [6, 6.07) is 12.9. The lowest BCUT2D eigenvalue weighted by Gasteiger charge is -2.32. The molecule has 0 bridgehead atoms. The Bertz CT molecular complexity index is 1480. The van der Waals surface area contributed by atoms with E-state index in [9.17, 15) is 13.7 Å². The monoisotopic (exact) mass is 546 g/mol. The summed E-state index contributed by atoms with van der Waals surface area (Å²) in [5.74, 6) is 1.96. The zero-order valence-corrected chi connectivity index (χ0v) is 23.2. The highest BCUT2D eigenvalue weighted by molar-refractivity contribution is 7.89. The summed E-state index contributed by atoms with van der Waals surface area (Å²) < 4.78 is 29.4. The second kappa shape index (κ2) is 11.3. The van der Waals surface area contributed by atoms with Gasteiger partial charge in [0, 0.05) is 31.2 Å². The molecular weight excluding hydrogens is 512 g/mol. The Hall–Kier alpha value is -3.52. The van der Waals surface area contributed by atoms with Gasteiger partial charge in [0.2, 0.25) is 21.9 Å². The van der Waals surface area contributed by atoms with E-state index in [1.165, 1.54) is 0 Å². The van der Waals surface area contributed by atoms with Gasteiger partial charge in [0.15, 0.2) is 0 Å². The first-order valence-corrected chi connectivity index (χ1v) is 14.9. The molecule has 39 heavy (non-hydrogen) atoms. The summed E-state index contributed by atoms with van der Waals surface area (Å²) in [5.41, 5.74) is 5.64. The Balaban J connectivity index is 1.26. The van der Waals surface area contributed by atoms with Crippen molar-refractivity contribution in [2.75, 3.05) is 18.4 Å². The molecule has 10 heteroatoms. The van der Waals surface area contributed by atoms with Gasteiger partial charge in [-0.2, -0.15) is 10.2 Å². The molecule has 2 heterocycles. The Morgan fingerprint density at radius 3 is 2.38 bits per heavy atom. The van der Waals surface area contributed by atoms with Crippen LogP contribution in [0.1, 0.15) is 59.2 Å². The Kier molecular flexibility index (Phi) is 7.84. The second-order valence-corrected chi connectivity index (χ2v) is 12.1. The van der Waals surface area contributed by atoms with Crippen molar-refractivity contribution >= 4 is 16.0 Å². The number of hydrogen-bond acceptors (Lipinski definition) is 8. The topological polar surface area (TPSA) is 134 Å². The number of aromatic nitrogens is 2. The molecule has 0 unspecified atom stereocenters. The van der Waals surface area contributed by atoms with E-state index in [0.29, 0.717) is 17.4 Å². The molecule has 0 saturated carbocycles. The van der Waals surface area contributed by atoms with Crippen molar-refractivity contribution in [2.45, 2.75) is 69.9 Å². The Labute approximate surface area is 230 Å². The summed E-state index contributed by atoms with van der Waals surface area (Å²) in [6.45, 7) is 6.49. The van der Waals surface area contributed by atoms with Crippen molar-refractivity contribution < 1.29 is 13.2 Å². The number of primary sulfonamides is 1. The van der Waals surface area contributed by atoms with Crippen molar-refractivity contribution in [3.63, 3.8) is 0 Å². The minimum Gasteiger partial charge on any atom is -0.438 e. The van der Waals surface area contributed by atoms with Crippen molar-refractivity contribution in [1.82, 2.24) is 14.9 Å². The van der Waals surface area contributed by atoms with Gasteiger partial charge in [-0.25, -0.2) is 18.5 Å². The minimum absolute atomic E-state index is 0.132. The highest BCUT2D eigenvalue weighted by Crippen LogP contribution is 2.35. The lowest BCUT2D eigenvalue weighted by Crippen LogP contribution is -2.39. The molecule has 1 aliphatic heterocycles. The van der Waals surface area contributed by atoms with E-state index in [4.69, 9.17) is 19.8 Å². The number of nitriles is 1. The summed E-state index contributed by atoms with van der Waals surface area (Å²) in [7, 11) is -3.68. The normalized spacial score (nSPS) is 16.4. The fourth-order valence-electron chi connectivity index (χ4n) is 5.44. The van der Waals surface area contributed by atoms with Gasteiger partial charge in [0.25, 0.3) is 0 Å². The number of piperidine rings is 1. The number of ether oxygens (including phenoxy) is 1. The van der Waals surface area contributed by atoms with Crippen LogP contribution in [0, 0.1) is 25.2 Å². The number of nitrogens with one attached hydrogen (secondary N) is 1. The van der Waals surface area contributed by atoms with Crippen LogP contribution in [0.4, 0.5) is 5.95 Å². The summed E-state index contributed by atoms with van der Waals surface area (Å²) in [4.78, 5) is 12.2. The van der Waals surface area contributed by atoms with Gasteiger partial charge in [0.05, 0.1) is 22.2 Å². The molecule has 9 nitrogen and oxygen atoms in total. The molecule has 1 saturated heterocycles. The SMILES string of the molecule is Cc1cc(C#N)cc(C)c1Oc1nc(NC2CCN(Cc3ccc(S(N)(=O)=O)cc3)CC2)nc2c1CCCC2. The molecule has 2 aliphatic rings. The van der Waals surface area contributed by atoms with E-state index in [0.717, 1.165) is 91.9 Å². The van der Waals surface area contributed by atoms with Crippen LogP contribution in [0.2, 0.25) is 0 Å². The predicted octanol–water partition coefficient (Wildman–Crippen LogP) is 4.36.